The molecule has 0 bridgehead atoms. The molecule has 0 radical (unpaired) electrons. The van der Waals surface area contributed by atoms with E-state index >= 15 is 0 Å². The molecule has 0 aliphatic heterocycles. The summed E-state index contributed by atoms with van der Waals surface area (Å²) < 4.78 is 1.07. The molecule has 0 aromatic carbocycles. The average Bonchev–Trinajstić information content (AvgIpc) is 2.71. The number of rotatable bonds is 2. The highest BCUT2D eigenvalue weighted by Gasteiger charge is 2.17. The van der Waals surface area contributed by atoms with E-state index in [1.54, 1.807) is 0 Å². The van der Waals surface area contributed by atoms with Crippen molar-refractivity contribution in [2.45, 2.75) is 0 Å². The normalized spacial score (nSPS) is 10.3. The Morgan fingerprint density at radius 1 is 1.64 bits per heavy atom. The second-order valence-corrected chi connectivity index (χ2v) is 2.25. The van der Waals surface area contributed by atoms with E-state index in [0.717, 1.165) is 4.68 Å². The van der Waals surface area contributed by atoms with Crippen molar-refractivity contribution in [2.24, 2.45) is 0 Å². The summed E-state index contributed by atoms with van der Waals surface area (Å²) in [5.41, 5.74) is 5.38. The summed E-state index contributed by atoms with van der Waals surface area (Å²) in [4.78, 5) is 16.7. The molecule has 2 aromatic rings. The number of nitrogen functional groups attached to an aromatic ring is 1. The molecule has 0 unspecified atom stereocenters. The van der Waals surface area contributed by atoms with Crippen LogP contribution in [0.3, 0.4) is 0 Å². The van der Waals surface area contributed by atoms with Crippen LogP contribution in [-0.2, 0) is 0 Å². The number of nitro groups is 1. The Morgan fingerprint density at radius 2 is 2.43 bits per heavy atom. The third-order valence-corrected chi connectivity index (χ3v) is 1.40. The predicted octanol–water partition coefficient (Wildman–Crippen LogP) is -1.12. The largest absolute Gasteiger partial charge is 0.455 e. The molecule has 2 heterocycles. The van der Waals surface area contributed by atoms with Gasteiger partial charge in [-0.1, -0.05) is 5.10 Å². The molecule has 2 aromatic heterocycles. The monoisotopic (exact) mass is 196 g/mol. The Labute approximate surface area is 75.9 Å². The fraction of sp³-hybridized carbons (Fsp3) is 0. The van der Waals surface area contributed by atoms with Gasteiger partial charge in [-0.15, -0.1) is 14.9 Å². The van der Waals surface area contributed by atoms with Gasteiger partial charge in [0, 0.05) is 0 Å². The maximum Gasteiger partial charge on any atom is 0.455 e. The van der Waals surface area contributed by atoms with Crippen molar-refractivity contribution in [1.82, 2.24) is 29.9 Å². The number of hydrogen-bond donors (Lipinski definition) is 2. The Hall–Kier alpha value is -2.52. The summed E-state index contributed by atoms with van der Waals surface area (Å²) in [6, 6.07) is 0. The van der Waals surface area contributed by atoms with E-state index in [1.165, 1.54) is 6.33 Å². The van der Waals surface area contributed by atoms with Crippen LogP contribution in [0, 0.1) is 10.1 Å². The van der Waals surface area contributed by atoms with Crippen molar-refractivity contribution < 1.29 is 4.92 Å². The van der Waals surface area contributed by atoms with Gasteiger partial charge in [0.1, 0.15) is 6.33 Å². The van der Waals surface area contributed by atoms with Gasteiger partial charge < -0.3 is 15.8 Å². The first-order valence-electron chi connectivity index (χ1n) is 3.41. The number of aromatic amines is 1. The summed E-state index contributed by atoms with van der Waals surface area (Å²) in [5, 5.41) is 19.6. The van der Waals surface area contributed by atoms with Gasteiger partial charge in [0.25, 0.3) is 0 Å². The van der Waals surface area contributed by atoms with E-state index in [2.05, 4.69) is 25.3 Å². The highest BCUT2D eigenvalue weighted by Crippen LogP contribution is 2.07. The van der Waals surface area contributed by atoms with Crippen molar-refractivity contribution in [3.8, 4) is 5.95 Å². The Morgan fingerprint density at radius 3 is 2.93 bits per heavy atom. The molecule has 0 saturated heterocycles. The van der Waals surface area contributed by atoms with E-state index in [9.17, 15) is 10.1 Å². The zero-order chi connectivity index (χ0) is 10.1. The smallest absolute Gasteiger partial charge is 0.390 e. The van der Waals surface area contributed by atoms with Crippen molar-refractivity contribution in [2.75, 3.05) is 5.73 Å². The van der Waals surface area contributed by atoms with Crippen LogP contribution in [0.5, 0.6) is 0 Å². The first-order valence-corrected chi connectivity index (χ1v) is 3.41. The van der Waals surface area contributed by atoms with Gasteiger partial charge in [-0.25, -0.2) is 0 Å². The molecule has 72 valence electrons. The van der Waals surface area contributed by atoms with Gasteiger partial charge in [-0.05, 0) is 9.91 Å². The Bertz CT molecular complexity index is 471. The van der Waals surface area contributed by atoms with E-state index in [-0.39, 0.29) is 11.9 Å². The number of hydrogen-bond acceptors (Lipinski definition) is 7. The second-order valence-electron chi connectivity index (χ2n) is 2.25. The van der Waals surface area contributed by atoms with Gasteiger partial charge >= 0.3 is 11.9 Å². The van der Waals surface area contributed by atoms with E-state index < -0.39 is 10.9 Å². The van der Waals surface area contributed by atoms with E-state index in [0.29, 0.717) is 0 Å². The molecule has 0 spiro atoms. The fourth-order valence-electron chi connectivity index (χ4n) is 0.826. The first-order chi connectivity index (χ1) is 6.68. The molecule has 2 rings (SSSR count). The van der Waals surface area contributed by atoms with E-state index in [4.69, 9.17) is 5.73 Å². The van der Waals surface area contributed by atoms with Crippen LogP contribution in [0.15, 0.2) is 6.33 Å². The highest BCUT2D eigenvalue weighted by molar-refractivity contribution is 5.25. The van der Waals surface area contributed by atoms with Crippen LogP contribution in [-0.4, -0.2) is 34.9 Å². The van der Waals surface area contributed by atoms with Crippen molar-refractivity contribution >= 4 is 11.9 Å². The SMILES string of the molecule is Nc1ncnn1-c1n[nH]c([N+](=O)[O-])n1. The third kappa shape index (κ3) is 1.14. The third-order valence-electron chi connectivity index (χ3n) is 1.40. The van der Waals surface area contributed by atoms with E-state index in [1.807, 2.05) is 0 Å². The van der Waals surface area contributed by atoms with Crippen LogP contribution in [0.1, 0.15) is 0 Å². The number of nitrogens with two attached hydrogens (primary N) is 1. The van der Waals surface area contributed by atoms with Crippen molar-refractivity contribution in [1.29, 1.82) is 0 Å². The molecule has 0 fully saturated rings. The summed E-state index contributed by atoms with van der Waals surface area (Å²) in [5.74, 6) is -0.444. The number of nitrogens with one attached hydrogen (secondary N) is 1. The minimum Gasteiger partial charge on any atom is -0.390 e. The molecule has 0 atom stereocenters. The fourth-order valence-corrected chi connectivity index (χ4v) is 0.826. The van der Waals surface area contributed by atoms with Gasteiger partial charge in [0.15, 0.2) is 0 Å². The lowest BCUT2D eigenvalue weighted by atomic mass is 10.9. The number of H-pyrrole nitrogens is 1. The topological polar surface area (TPSA) is 141 Å². The van der Waals surface area contributed by atoms with Gasteiger partial charge in [-0.3, -0.25) is 0 Å². The maximum absolute atomic E-state index is 10.3. The zero-order valence-corrected chi connectivity index (χ0v) is 6.65. The molecule has 3 N–H and O–H groups in total. The van der Waals surface area contributed by atoms with Gasteiger partial charge in [-0.2, -0.15) is 4.98 Å². The van der Waals surface area contributed by atoms with Crippen LogP contribution < -0.4 is 5.73 Å². The maximum atomic E-state index is 10.3. The molecule has 0 aliphatic carbocycles. The van der Waals surface area contributed by atoms with Crippen LogP contribution >= 0.6 is 0 Å². The number of aromatic nitrogens is 6. The lowest BCUT2D eigenvalue weighted by molar-refractivity contribution is -0.394. The number of nitrogens with zero attached hydrogens (tertiary/aromatic N) is 6. The number of anilines is 1. The van der Waals surface area contributed by atoms with Crippen LogP contribution in [0.2, 0.25) is 0 Å². The standard InChI is InChI=1S/C4H4N8O2/c5-2-6-1-7-11(2)3-8-4(10-9-3)12(13)14/h1H,(H2,5,6,7)(H,8,9,10). The lowest BCUT2D eigenvalue weighted by Crippen LogP contribution is -2.04. The molecule has 10 nitrogen and oxygen atoms in total. The summed E-state index contributed by atoms with van der Waals surface area (Å²) in [6.07, 6.45) is 1.19. The average molecular weight is 196 g/mol. The molecular formula is C4H4N8O2. The minimum absolute atomic E-state index is 0.0216. The predicted molar refractivity (Wildman–Crippen MR) is 42.4 cm³/mol. The lowest BCUT2D eigenvalue weighted by Gasteiger charge is -1.89. The minimum atomic E-state index is -0.705. The summed E-state index contributed by atoms with van der Waals surface area (Å²) in [6.45, 7) is 0. The van der Waals surface area contributed by atoms with Crippen LogP contribution in [0.4, 0.5) is 11.9 Å². The summed E-state index contributed by atoms with van der Waals surface area (Å²) in [7, 11) is 0. The zero-order valence-electron chi connectivity index (χ0n) is 6.65. The van der Waals surface area contributed by atoms with Crippen LogP contribution in [0.25, 0.3) is 5.95 Å². The molecule has 0 saturated carbocycles. The van der Waals surface area contributed by atoms with Crippen molar-refractivity contribution in [3.63, 3.8) is 0 Å². The molecule has 14 heavy (non-hydrogen) atoms. The Balaban J connectivity index is 2.43. The first kappa shape index (κ1) is 8.10. The molecule has 0 aliphatic rings. The van der Waals surface area contributed by atoms with Gasteiger partial charge in [0.2, 0.25) is 5.95 Å². The quantitative estimate of drug-likeness (QED) is 0.457. The highest BCUT2D eigenvalue weighted by atomic mass is 16.6. The molecule has 0 amide bonds. The Kier molecular flexibility index (Phi) is 1.59. The molecule has 10 heteroatoms. The summed E-state index contributed by atoms with van der Waals surface area (Å²) >= 11 is 0. The van der Waals surface area contributed by atoms with Gasteiger partial charge in [0.05, 0.1) is 0 Å². The molecular weight excluding hydrogens is 192 g/mol. The second kappa shape index (κ2) is 2.76. The van der Waals surface area contributed by atoms with Crippen molar-refractivity contribution in [3.05, 3.63) is 16.4 Å².